The molecule has 124 valence electrons. The quantitative estimate of drug-likeness (QED) is 0.693. The van der Waals surface area contributed by atoms with Gasteiger partial charge in [-0.1, -0.05) is 54.6 Å². The van der Waals surface area contributed by atoms with E-state index in [0.29, 0.717) is 0 Å². The van der Waals surface area contributed by atoms with Crippen LogP contribution >= 0.6 is 0 Å². The maximum atomic E-state index is 12.3. The molecule has 0 saturated heterocycles. The van der Waals surface area contributed by atoms with E-state index in [-0.39, 0.29) is 11.5 Å². The summed E-state index contributed by atoms with van der Waals surface area (Å²) in [6.45, 7) is 0. The predicted molar refractivity (Wildman–Crippen MR) is 95.2 cm³/mol. The van der Waals surface area contributed by atoms with Gasteiger partial charge in [0.2, 0.25) is 0 Å². The number of hydrogen-bond acceptors (Lipinski definition) is 3. The lowest BCUT2D eigenvalue weighted by atomic mass is 10.0. The minimum absolute atomic E-state index is 0.0204. The molecule has 0 unspecified atom stereocenters. The molecule has 24 heavy (non-hydrogen) atoms. The second-order valence-corrected chi connectivity index (χ2v) is 8.10. The molecule has 3 aromatic rings. The van der Waals surface area contributed by atoms with Crippen LogP contribution in [0.3, 0.4) is 0 Å². The smallest absolute Gasteiger partial charge is 0.158 e. The summed E-state index contributed by atoms with van der Waals surface area (Å²) in [6.07, 6.45) is 4.19. The van der Waals surface area contributed by atoms with Crippen molar-refractivity contribution in [1.82, 2.24) is 9.78 Å². The van der Waals surface area contributed by atoms with E-state index < -0.39 is 9.84 Å². The van der Waals surface area contributed by atoms with Crippen LogP contribution in [-0.4, -0.2) is 18.2 Å². The summed E-state index contributed by atoms with van der Waals surface area (Å²) in [5, 5.41) is 4.01. The Balaban J connectivity index is 1.65. The molecule has 0 aliphatic carbocycles. The molecule has 0 aliphatic heterocycles. The second kappa shape index (κ2) is 7.01. The minimum atomic E-state index is -3.20. The number of hydrogen-bond donors (Lipinski definition) is 0. The van der Waals surface area contributed by atoms with Crippen molar-refractivity contribution in [3.8, 4) is 0 Å². The van der Waals surface area contributed by atoms with E-state index in [0.717, 1.165) is 17.5 Å². The van der Waals surface area contributed by atoms with Crippen molar-refractivity contribution >= 4 is 9.84 Å². The molecule has 3 rings (SSSR count). The molecule has 0 atom stereocenters. The van der Waals surface area contributed by atoms with Crippen LogP contribution in [-0.2, 0) is 34.8 Å². The molecule has 0 spiro atoms. The summed E-state index contributed by atoms with van der Waals surface area (Å²) in [5.74, 6) is 0.0696. The highest BCUT2D eigenvalue weighted by Gasteiger charge is 2.14. The van der Waals surface area contributed by atoms with Gasteiger partial charge in [0, 0.05) is 18.8 Å². The number of sulfone groups is 1. The number of aryl methyl sites for hydroxylation is 1. The Morgan fingerprint density at radius 2 is 1.42 bits per heavy atom. The summed E-state index contributed by atoms with van der Waals surface area (Å²) in [6, 6.07) is 18.0. The van der Waals surface area contributed by atoms with Gasteiger partial charge in [-0.05, 0) is 23.1 Å². The van der Waals surface area contributed by atoms with Crippen molar-refractivity contribution in [1.29, 1.82) is 0 Å². The zero-order valence-electron chi connectivity index (χ0n) is 13.6. The van der Waals surface area contributed by atoms with Crippen LogP contribution in [0.4, 0.5) is 0 Å². The van der Waals surface area contributed by atoms with E-state index in [9.17, 15) is 8.42 Å². The molecule has 0 radical (unpaired) electrons. The number of rotatable bonds is 6. The molecular weight excluding hydrogens is 320 g/mol. The lowest BCUT2D eigenvalue weighted by Gasteiger charge is -2.06. The normalized spacial score (nSPS) is 11.5. The Morgan fingerprint density at radius 1 is 0.833 bits per heavy atom. The van der Waals surface area contributed by atoms with Gasteiger partial charge in [-0.25, -0.2) is 8.42 Å². The van der Waals surface area contributed by atoms with Crippen molar-refractivity contribution in [3.05, 3.63) is 89.2 Å². The van der Waals surface area contributed by atoms with Gasteiger partial charge in [-0.2, -0.15) is 5.10 Å². The van der Waals surface area contributed by atoms with E-state index in [1.54, 1.807) is 24.1 Å². The number of benzene rings is 2. The molecule has 4 nitrogen and oxygen atoms in total. The van der Waals surface area contributed by atoms with E-state index in [2.05, 4.69) is 17.2 Å². The molecule has 0 amide bonds. The van der Waals surface area contributed by atoms with Crippen LogP contribution < -0.4 is 0 Å². The Hall–Kier alpha value is -2.40. The second-order valence-electron chi connectivity index (χ2n) is 6.03. The largest absolute Gasteiger partial charge is 0.276 e. The van der Waals surface area contributed by atoms with Gasteiger partial charge >= 0.3 is 0 Å². The fourth-order valence-corrected chi connectivity index (χ4v) is 4.15. The first kappa shape index (κ1) is 16.5. The zero-order valence-corrected chi connectivity index (χ0v) is 14.4. The van der Waals surface area contributed by atoms with Crippen molar-refractivity contribution in [2.45, 2.75) is 17.9 Å². The van der Waals surface area contributed by atoms with Crippen LogP contribution in [0.25, 0.3) is 0 Å². The van der Waals surface area contributed by atoms with Gasteiger partial charge in [0.05, 0.1) is 17.7 Å². The molecular formula is C19H20N2O2S. The molecule has 1 aromatic heterocycles. The zero-order chi connectivity index (χ0) is 17.0. The van der Waals surface area contributed by atoms with E-state index in [1.165, 1.54) is 11.1 Å². The van der Waals surface area contributed by atoms with Crippen molar-refractivity contribution in [2.24, 2.45) is 7.05 Å². The monoisotopic (exact) mass is 340 g/mol. The minimum Gasteiger partial charge on any atom is -0.276 e. The van der Waals surface area contributed by atoms with Gasteiger partial charge in [-0.3, -0.25) is 4.68 Å². The molecule has 0 aliphatic rings. The molecule has 5 heteroatoms. The van der Waals surface area contributed by atoms with Crippen LogP contribution in [0.5, 0.6) is 0 Å². The highest BCUT2D eigenvalue weighted by Crippen LogP contribution is 2.15. The van der Waals surface area contributed by atoms with Crippen LogP contribution in [0.2, 0.25) is 0 Å². The molecule has 0 saturated carbocycles. The van der Waals surface area contributed by atoms with Gasteiger partial charge in [0.15, 0.2) is 9.84 Å². The maximum Gasteiger partial charge on any atom is 0.158 e. The molecule has 0 bridgehead atoms. The third kappa shape index (κ3) is 4.55. The Labute approximate surface area is 142 Å². The van der Waals surface area contributed by atoms with Gasteiger partial charge in [0.25, 0.3) is 0 Å². The highest BCUT2D eigenvalue weighted by molar-refractivity contribution is 7.89. The lowest BCUT2D eigenvalue weighted by Crippen LogP contribution is -2.07. The number of aromatic nitrogens is 2. The molecule has 2 aromatic carbocycles. The summed E-state index contributed by atoms with van der Waals surface area (Å²) >= 11 is 0. The van der Waals surface area contributed by atoms with E-state index in [1.807, 2.05) is 42.5 Å². The van der Waals surface area contributed by atoms with Crippen LogP contribution in [0, 0.1) is 0 Å². The molecule has 0 fully saturated rings. The molecule has 1 heterocycles. The predicted octanol–water partition coefficient (Wildman–Crippen LogP) is 3.13. The summed E-state index contributed by atoms with van der Waals surface area (Å²) in [5.41, 5.74) is 3.96. The third-order valence-corrected chi connectivity index (χ3v) is 5.35. The first-order valence-electron chi connectivity index (χ1n) is 7.80. The Morgan fingerprint density at radius 3 is 2.04 bits per heavy atom. The Bertz CT molecular complexity index is 898. The van der Waals surface area contributed by atoms with Gasteiger partial charge < -0.3 is 0 Å². The van der Waals surface area contributed by atoms with Crippen molar-refractivity contribution < 1.29 is 8.42 Å². The van der Waals surface area contributed by atoms with Crippen LogP contribution in [0.1, 0.15) is 22.3 Å². The maximum absolute atomic E-state index is 12.3. The average molecular weight is 340 g/mol. The van der Waals surface area contributed by atoms with Crippen molar-refractivity contribution in [3.63, 3.8) is 0 Å². The highest BCUT2D eigenvalue weighted by atomic mass is 32.2. The van der Waals surface area contributed by atoms with Gasteiger partial charge in [-0.15, -0.1) is 0 Å². The van der Waals surface area contributed by atoms with Gasteiger partial charge in [0.1, 0.15) is 0 Å². The molecule has 0 N–H and O–H groups in total. The lowest BCUT2D eigenvalue weighted by molar-refractivity contribution is 0.594. The van der Waals surface area contributed by atoms with Crippen molar-refractivity contribution in [2.75, 3.05) is 0 Å². The van der Waals surface area contributed by atoms with Crippen LogP contribution in [0.15, 0.2) is 67.0 Å². The SMILES string of the molecule is Cn1cc(CS(=O)(=O)Cc2ccc(Cc3ccccc3)cc2)cn1. The van der Waals surface area contributed by atoms with E-state index >= 15 is 0 Å². The topological polar surface area (TPSA) is 52.0 Å². The fourth-order valence-electron chi connectivity index (χ4n) is 2.69. The van der Waals surface area contributed by atoms with E-state index in [4.69, 9.17) is 0 Å². The third-order valence-electron chi connectivity index (χ3n) is 3.81. The fraction of sp³-hybridized carbons (Fsp3) is 0.211. The number of nitrogens with zero attached hydrogens (tertiary/aromatic N) is 2. The summed E-state index contributed by atoms with van der Waals surface area (Å²) in [7, 11) is -1.42. The first-order valence-corrected chi connectivity index (χ1v) is 9.62. The summed E-state index contributed by atoms with van der Waals surface area (Å²) < 4.78 is 26.2. The Kier molecular flexibility index (Phi) is 4.81. The first-order chi connectivity index (χ1) is 11.5. The standard InChI is InChI=1S/C19H20N2O2S/c1-21-13-19(12-20-21)15-24(22,23)14-18-9-7-17(8-10-18)11-16-5-3-2-4-6-16/h2-10,12-13H,11,14-15H2,1H3. The average Bonchev–Trinajstić information content (AvgIpc) is 2.94. The summed E-state index contributed by atoms with van der Waals surface area (Å²) in [4.78, 5) is 0.